The van der Waals surface area contributed by atoms with Crippen molar-refractivity contribution < 1.29 is 23.8 Å². The maximum absolute atomic E-state index is 10.8. The maximum Gasteiger partial charge on any atom is 0.307 e. The van der Waals surface area contributed by atoms with E-state index in [0.29, 0.717) is 12.2 Å². The second kappa shape index (κ2) is 3.66. The van der Waals surface area contributed by atoms with Crippen molar-refractivity contribution in [2.45, 2.75) is 38.6 Å². The molecule has 2 rings (SSSR count). The molecule has 0 spiro atoms. The molecule has 1 aliphatic heterocycles. The third kappa shape index (κ3) is 2.18. The quantitative estimate of drug-likeness (QED) is 0.493. The van der Waals surface area contributed by atoms with Crippen LogP contribution in [0.2, 0.25) is 0 Å². The number of carbonyl (C=O) groups excluding carboxylic acids is 2. The Hall–Kier alpha value is -1.36. The van der Waals surface area contributed by atoms with Crippen molar-refractivity contribution in [3.05, 3.63) is 11.8 Å². The molecule has 5 nitrogen and oxygen atoms in total. The Balaban J connectivity index is 1.97. The van der Waals surface area contributed by atoms with E-state index in [1.54, 1.807) is 6.08 Å². The van der Waals surface area contributed by atoms with Crippen molar-refractivity contribution in [2.75, 3.05) is 0 Å². The highest BCUT2D eigenvalue weighted by atomic mass is 16.7. The summed E-state index contributed by atoms with van der Waals surface area (Å²) in [5.74, 6) is -0.143. The fourth-order valence-electron chi connectivity index (χ4n) is 1.71. The van der Waals surface area contributed by atoms with Gasteiger partial charge in [0.05, 0.1) is 0 Å². The molecule has 0 bridgehead atoms. The molecule has 0 saturated carbocycles. The van der Waals surface area contributed by atoms with Crippen LogP contribution in [0.1, 0.15) is 20.3 Å². The van der Waals surface area contributed by atoms with Gasteiger partial charge in [0, 0.05) is 20.3 Å². The third-order valence-corrected chi connectivity index (χ3v) is 2.30. The fourth-order valence-corrected chi connectivity index (χ4v) is 1.71. The molecule has 0 N–H and O–H groups in total. The summed E-state index contributed by atoms with van der Waals surface area (Å²) in [6, 6.07) is 0. The molecule has 0 aromatic heterocycles. The van der Waals surface area contributed by atoms with Gasteiger partial charge in [0.15, 0.2) is 0 Å². The van der Waals surface area contributed by atoms with Crippen LogP contribution in [-0.2, 0) is 23.8 Å². The number of fused-ring (bicyclic) bond motifs is 1. The van der Waals surface area contributed by atoms with E-state index < -0.39 is 0 Å². The summed E-state index contributed by atoms with van der Waals surface area (Å²) in [5.41, 5.74) is 0. The van der Waals surface area contributed by atoms with Crippen LogP contribution in [0.4, 0.5) is 0 Å². The van der Waals surface area contributed by atoms with Gasteiger partial charge in [-0.2, -0.15) is 0 Å². The van der Waals surface area contributed by atoms with E-state index in [9.17, 15) is 9.59 Å². The Morgan fingerprint density at radius 2 is 2.13 bits per heavy atom. The van der Waals surface area contributed by atoms with E-state index in [1.165, 1.54) is 13.8 Å². The van der Waals surface area contributed by atoms with Gasteiger partial charge in [0.25, 0.3) is 0 Å². The SMILES string of the molecule is CC(=O)OC1=CC[C@H](OC(C)=O)[C@@H]2O[C@H]12. The molecule has 0 aromatic rings. The predicted octanol–water partition coefficient (Wildman–Crippen LogP) is 0.536. The number of ether oxygens (including phenoxy) is 3. The summed E-state index contributed by atoms with van der Waals surface area (Å²) in [7, 11) is 0. The lowest BCUT2D eigenvalue weighted by Crippen LogP contribution is -2.27. The highest BCUT2D eigenvalue weighted by Gasteiger charge is 2.52. The first-order valence-electron chi connectivity index (χ1n) is 4.79. The van der Waals surface area contributed by atoms with Crippen LogP contribution < -0.4 is 0 Å². The molecule has 2 aliphatic rings. The van der Waals surface area contributed by atoms with Crippen molar-refractivity contribution in [1.82, 2.24) is 0 Å². The van der Waals surface area contributed by atoms with Gasteiger partial charge in [0.1, 0.15) is 24.1 Å². The number of esters is 2. The predicted molar refractivity (Wildman–Crippen MR) is 48.7 cm³/mol. The summed E-state index contributed by atoms with van der Waals surface area (Å²) in [6.07, 6.45) is 1.67. The normalized spacial score (nSPS) is 32.4. The number of rotatable bonds is 2. The van der Waals surface area contributed by atoms with E-state index in [4.69, 9.17) is 14.2 Å². The first-order chi connectivity index (χ1) is 7.08. The minimum Gasteiger partial charge on any atom is -0.459 e. The average molecular weight is 212 g/mol. The summed E-state index contributed by atoms with van der Waals surface area (Å²) in [6.45, 7) is 2.71. The largest absolute Gasteiger partial charge is 0.459 e. The molecular weight excluding hydrogens is 200 g/mol. The van der Waals surface area contributed by atoms with E-state index in [0.717, 1.165) is 0 Å². The highest BCUT2D eigenvalue weighted by Crippen LogP contribution is 2.39. The standard InChI is InChI=1S/C10H12O5/c1-5(11)13-7-3-4-8(14-6(2)12)10-9(7)15-10/h3,8-10H,4H2,1-2H3/t8-,9+,10-/m0/s1. The molecule has 5 heteroatoms. The topological polar surface area (TPSA) is 65.1 Å². The zero-order valence-corrected chi connectivity index (χ0v) is 8.56. The first kappa shape index (κ1) is 10.2. The summed E-state index contributed by atoms with van der Waals surface area (Å²) < 4.78 is 15.3. The van der Waals surface area contributed by atoms with Crippen molar-refractivity contribution >= 4 is 11.9 Å². The van der Waals surface area contributed by atoms with E-state index in [2.05, 4.69) is 0 Å². The number of hydrogen-bond donors (Lipinski definition) is 0. The Kier molecular flexibility index (Phi) is 2.48. The Labute approximate surface area is 87.0 Å². The minimum atomic E-state index is -0.360. The van der Waals surface area contributed by atoms with E-state index >= 15 is 0 Å². The molecule has 3 atom stereocenters. The summed E-state index contributed by atoms with van der Waals surface area (Å²) in [4.78, 5) is 21.5. The van der Waals surface area contributed by atoms with Crippen molar-refractivity contribution in [3.63, 3.8) is 0 Å². The summed E-state index contributed by atoms with van der Waals surface area (Å²) >= 11 is 0. The van der Waals surface area contributed by atoms with Crippen LogP contribution in [-0.4, -0.2) is 30.3 Å². The zero-order chi connectivity index (χ0) is 11.0. The fraction of sp³-hybridized carbons (Fsp3) is 0.600. The molecule has 0 amide bonds. The first-order valence-corrected chi connectivity index (χ1v) is 4.79. The Morgan fingerprint density at radius 1 is 1.40 bits per heavy atom. The van der Waals surface area contributed by atoms with Gasteiger partial charge < -0.3 is 14.2 Å². The molecule has 0 unspecified atom stereocenters. The monoisotopic (exact) mass is 212 g/mol. The van der Waals surface area contributed by atoms with Gasteiger partial charge in [-0.15, -0.1) is 0 Å². The van der Waals surface area contributed by atoms with Gasteiger partial charge >= 0.3 is 11.9 Å². The van der Waals surface area contributed by atoms with Crippen LogP contribution in [0.25, 0.3) is 0 Å². The van der Waals surface area contributed by atoms with Crippen LogP contribution in [0.15, 0.2) is 11.8 Å². The number of hydrogen-bond acceptors (Lipinski definition) is 5. The lowest BCUT2D eigenvalue weighted by Gasteiger charge is -2.17. The number of carbonyl (C=O) groups is 2. The third-order valence-electron chi connectivity index (χ3n) is 2.30. The lowest BCUT2D eigenvalue weighted by atomic mass is 10.0. The van der Waals surface area contributed by atoms with Crippen molar-refractivity contribution in [3.8, 4) is 0 Å². The molecule has 1 heterocycles. The zero-order valence-electron chi connectivity index (χ0n) is 8.56. The molecule has 1 saturated heterocycles. The summed E-state index contributed by atoms with van der Waals surface area (Å²) in [5, 5.41) is 0. The minimum absolute atomic E-state index is 0.145. The van der Waals surface area contributed by atoms with Gasteiger partial charge in [-0.3, -0.25) is 9.59 Å². The van der Waals surface area contributed by atoms with E-state index in [1.807, 2.05) is 0 Å². The molecule has 1 aliphatic carbocycles. The van der Waals surface area contributed by atoms with Crippen molar-refractivity contribution in [2.24, 2.45) is 0 Å². The van der Waals surface area contributed by atoms with E-state index in [-0.39, 0.29) is 30.3 Å². The van der Waals surface area contributed by atoms with Gasteiger partial charge in [0.2, 0.25) is 0 Å². The number of epoxide rings is 1. The lowest BCUT2D eigenvalue weighted by molar-refractivity contribution is -0.147. The molecule has 0 radical (unpaired) electrons. The smallest absolute Gasteiger partial charge is 0.307 e. The average Bonchev–Trinajstić information content (AvgIpc) is 2.87. The van der Waals surface area contributed by atoms with Crippen LogP contribution in [0.5, 0.6) is 0 Å². The van der Waals surface area contributed by atoms with Crippen LogP contribution >= 0.6 is 0 Å². The second-order valence-corrected chi connectivity index (χ2v) is 3.61. The second-order valence-electron chi connectivity index (χ2n) is 3.61. The Morgan fingerprint density at radius 3 is 2.73 bits per heavy atom. The van der Waals surface area contributed by atoms with Crippen LogP contribution in [0, 0.1) is 0 Å². The maximum atomic E-state index is 10.8. The van der Waals surface area contributed by atoms with Crippen LogP contribution in [0.3, 0.4) is 0 Å². The molecular formula is C10H12O5. The van der Waals surface area contributed by atoms with Crippen molar-refractivity contribution in [1.29, 1.82) is 0 Å². The molecule has 82 valence electrons. The molecule has 15 heavy (non-hydrogen) atoms. The highest BCUT2D eigenvalue weighted by molar-refractivity contribution is 5.68. The molecule has 1 fully saturated rings. The van der Waals surface area contributed by atoms with Gasteiger partial charge in [-0.25, -0.2) is 0 Å². The Bertz CT molecular complexity index is 333. The molecule has 0 aromatic carbocycles. The van der Waals surface area contributed by atoms with Gasteiger partial charge in [-0.1, -0.05) is 0 Å². The van der Waals surface area contributed by atoms with Gasteiger partial charge in [-0.05, 0) is 6.08 Å².